The first-order valence-corrected chi connectivity index (χ1v) is 7.34. The zero-order valence-corrected chi connectivity index (χ0v) is 13.7. The lowest BCUT2D eigenvalue weighted by molar-refractivity contribution is 0.102. The molecule has 0 saturated heterocycles. The van der Waals surface area contributed by atoms with E-state index in [4.69, 9.17) is 14.2 Å². The Morgan fingerprint density at radius 1 is 0.917 bits per heavy atom. The van der Waals surface area contributed by atoms with E-state index in [1.165, 1.54) is 0 Å². The number of methoxy groups -OCH3 is 3. The molecule has 24 heavy (non-hydrogen) atoms. The van der Waals surface area contributed by atoms with Gasteiger partial charge in [-0.2, -0.15) is 0 Å². The zero-order chi connectivity index (χ0) is 17.1. The first kappa shape index (κ1) is 15.7. The SMILES string of the molecule is COc1ccc(OC)c(NC(=O)c2cc3cc(OC)ccc3[nH]2)c1. The number of carbonyl (C=O) groups is 1. The topological polar surface area (TPSA) is 72.6 Å². The monoisotopic (exact) mass is 326 g/mol. The Hall–Kier alpha value is -3.15. The lowest BCUT2D eigenvalue weighted by atomic mass is 10.2. The van der Waals surface area contributed by atoms with Crippen molar-refractivity contribution < 1.29 is 19.0 Å². The Morgan fingerprint density at radius 2 is 1.62 bits per heavy atom. The number of nitrogens with one attached hydrogen (secondary N) is 2. The second kappa shape index (κ2) is 6.54. The summed E-state index contributed by atoms with van der Waals surface area (Å²) in [5.41, 5.74) is 1.85. The van der Waals surface area contributed by atoms with E-state index in [-0.39, 0.29) is 5.91 Å². The van der Waals surface area contributed by atoms with Crippen LogP contribution >= 0.6 is 0 Å². The molecule has 1 heterocycles. The molecule has 0 aliphatic carbocycles. The number of carbonyl (C=O) groups excluding carboxylic acids is 1. The molecule has 0 fully saturated rings. The summed E-state index contributed by atoms with van der Waals surface area (Å²) in [6.07, 6.45) is 0. The van der Waals surface area contributed by atoms with Gasteiger partial charge < -0.3 is 24.5 Å². The van der Waals surface area contributed by atoms with E-state index >= 15 is 0 Å². The molecule has 2 aromatic carbocycles. The van der Waals surface area contributed by atoms with Crippen LogP contribution in [0.25, 0.3) is 10.9 Å². The molecule has 6 heteroatoms. The number of amides is 1. The van der Waals surface area contributed by atoms with Gasteiger partial charge in [0.15, 0.2) is 0 Å². The largest absolute Gasteiger partial charge is 0.497 e. The predicted molar refractivity (Wildman–Crippen MR) is 92.3 cm³/mol. The maximum Gasteiger partial charge on any atom is 0.272 e. The Labute approximate surface area is 139 Å². The van der Waals surface area contributed by atoms with Gasteiger partial charge in [0, 0.05) is 17.0 Å². The third-order valence-corrected chi connectivity index (χ3v) is 3.73. The van der Waals surface area contributed by atoms with Gasteiger partial charge in [-0.3, -0.25) is 4.79 Å². The summed E-state index contributed by atoms with van der Waals surface area (Å²) in [6, 6.07) is 12.6. The average Bonchev–Trinajstić information content (AvgIpc) is 3.04. The maximum absolute atomic E-state index is 12.5. The highest BCUT2D eigenvalue weighted by molar-refractivity contribution is 6.06. The predicted octanol–water partition coefficient (Wildman–Crippen LogP) is 3.45. The van der Waals surface area contributed by atoms with Crippen LogP contribution in [0, 0.1) is 0 Å². The maximum atomic E-state index is 12.5. The van der Waals surface area contributed by atoms with Crippen LogP contribution in [0.5, 0.6) is 17.2 Å². The van der Waals surface area contributed by atoms with Crippen LogP contribution in [0.4, 0.5) is 5.69 Å². The summed E-state index contributed by atoms with van der Waals surface area (Å²) < 4.78 is 15.7. The van der Waals surface area contributed by atoms with Crippen LogP contribution in [0.15, 0.2) is 42.5 Å². The Balaban J connectivity index is 1.89. The van der Waals surface area contributed by atoms with Crippen molar-refractivity contribution in [3.63, 3.8) is 0 Å². The third kappa shape index (κ3) is 2.99. The van der Waals surface area contributed by atoms with E-state index in [1.54, 1.807) is 45.6 Å². The van der Waals surface area contributed by atoms with Crippen LogP contribution in [0.1, 0.15) is 10.5 Å². The summed E-state index contributed by atoms with van der Waals surface area (Å²) in [5.74, 6) is 1.66. The van der Waals surface area contributed by atoms with Crippen molar-refractivity contribution >= 4 is 22.5 Å². The van der Waals surface area contributed by atoms with E-state index in [0.717, 1.165) is 16.7 Å². The Morgan fingerprint density at radius 3 is 2.33 bits per heavy atom. The lowest BCUT2D eigenvalue weighted by Gasteiger charge is -2.11. The first-order chi connectivity index (χ1) is 11.6. The van der Waals surface area contributed by atoms with Gasteiger partial charge in [-0.05, 0) is 36.4 Å². The van der Waals surface area contributed by atoms with Gasteiger partial charge in [0.1, 0.15) is 22.9 Å². The summed E-state index contributed by atoms with van der Waals surface area (Å²) in [6.45, 7) is 0. The highest BCUT2D eigenvalue weighted by Crippen LogP contribution is 2.29. The third-order valence-electron chi connectivity index (χ3n) is 3.73. The van der Waals surface area contributed by atoms with Crippen LogP contribution in [0.3, 0.4) is 0 Å². The number of aromatic nitrogens is 1. The second-order valence-electron chi connectivity index (χ2n) is 5.16. The van der Waals surface area contributed by atoms with E-state index in [1.807, 2.05) is 18.2 Å². The van der Waals surface area contributed by atoms with E-state index in [0.29, 0.717) is 22.9 Å². The van der Waals surface area contributed by atoms with E-state index in [9.17, 15) is 4.79 Å². The number of aromatic amines is 1. The molecule has 6 nitrogen and oxygen atoms in total. The fourth-order valence-corrected chi connectivity index (χ4v) is 2.46. The lowest BCUT2D eigenvalue weighted by Crippen LogP contribution is -2.13. The number of ether oxygens (including phenoxy) is 3. The molecule has 3 aromatic rings. The number of anilines is 1. The van der Waals surface area contributed by atoms with Crippen LogP contribution in [0.2, 0.25) is 0 Å². The van der Waals surface area contributed by atoms with Crippen LogP contribution in [-0.4, -0.2) is 32.2 Å². The van der Waals surface area contributed by atoms with Gasteiger partial charge in [0.25, 0.3) is 5.91 Å². The normalized spacial score (nSPS) is 10.5. The molecule has 0 saturated carbocycles. The summed E-state index contributed by atoms with van der Waals surface area (Å²) in [4.78, 5) is 15.6. The molecule has 0 aliphatic heterocycles. The van der Waals surface area contributed by atoms with Gasteiger partial charge in [-0.15, -0.1) is 0 Å². The number of hydrogen-bond donors (Lipinski definition) is 2. The van der Waals surface area contributed by atoms with Gasteiger partial charge >= 0.3 is 0 Å². The summed E-state index contributed by atoms with van der Waals surface area (Å²) >= 11 is 0. The number of H-pyrrole nitrogens is 1. The van der Waals surface area contributed by atoms with Crippen LogP contribution < -0.4 is 19.5 Å². The highest BCUT2D eigenvalue weighted by Gasteiger charge is 2.13. The zero-order valence-electron chi connectivity index (χ0n) is 13.7. The molecule has 0 aliphatic rings. The Kier molecular flexibility index (Phi) is 4.29. The summed E-state index contributed by atoms with van der Waals surface area (Å²) in [7, 11) is 4.72. The second-order valence-corrected chi connectivity index (χ2v) is 5.16. The van der Waals surface area contributed by atoms with Crippen molar-refractivity contribution in [3.05, 3.63) is 48.2 Å². The number of fused-ring (bicyclic) bond motifs is 1. The molecule has 0 bridgehead atoms. The van der Waals surface area contributed by atoms with Crippen molar-refractivity contribution in [1.29, 1.82) is 0 Å². The molecule has 124 valence electrons. The van der Waals surface area contributed by atoms with Gasteiger partial charge in [0.2, 0.25) is 0 Å². The molecule has 2 N–H and O–H groups in total. The smallest absolute Gasteiger partial charge is 0.272 e. The molecule has 1 amide bonds. The minimum atomic E-state index is -0.267. The average molecular weight is 326 g/mol. The molecule has 0 unspecified atom stereocenters. The van der Waals surface area contributed by atoms with Crippen molar-refractivity contribution in [1.82, 2.24) is 4.98 Å². The van der Waals surface area contributed by atoms with Crippen molar-refractivity contribution in [2.45, 2.75) is 0 Å². The fourth-order valence-electron chi connectivity index (χ4n) is 2.46. The molecular formula is C18H18N2O4. The quantitative estimate of drug-likeness (QED) is 0.753. The number of rotatable bonds is 5. The highest BCUT2D eigenvalue weighted by atomic mass is 16.5. The van der Waals surface area contributed by atoms with E-state index < -0.39 is 0 Å². The van der Waals surface area contributed by atoms with Gasteiger partial charge in [-0.25, -0.2) is 0 Å². The molecule has 1 aromatic heterocycles. The minimum Gasteiger partial charge on any atom is -0.497 e. The van der Waals surface area contributed by atoms with Crippen molar-refractivity contribution in [3.8, 4) is 17.2 Å². The van der Waals surface area contributed by atoms with E-state index in [2.05, 4.69) is 10.3 Å². The number of benzene rings is 2. The van der Waals surface area contributed by atoms with Gasteiger partial charge in [-0.1, -0.05) is 0 Å². The van der Waals surface area contributed by atoms with Crippen molar-refractivity contribution in [2.24, 2.45) is 0 Å². The van der Waals surface area contributed by atoms with Crippen molar-refractivity contribution in [2.75, 3.05) is 26.6 Å². The minimum absolute atomic E-state index is 0.267. The molecule has 3 rings (SSSR count). The molecule has 0 spiro atoms. The molecule has 0 radical (unpaired) electrons. The van der Waals surface area contributed by atoms with Gasteiger partial charge in [0.05, 0.1) is 27.0 Å². The first-order valence-electron chi connectivity index (χ1n) is 7.34. The standard InChI is InChI=1S/C18H18N2O4/c1-22-12-4-6-14-11(8-12)9-16(19-14)18(21)20-15-10-13(23-2)5-7-17(15)24-3/h4-10,19H,1-3H3,(H,20,21). The molecular weight excluding hydrogens is 308 g/mol. The Bertz CT molecular complexity index is 886. The fraction of sp³-hybridized carbons (Fsp3) is 0.167. The molecule has 0 atom stereocenters. The number of hydrogen-bond acceptors (Lipinski definition) is 4. The van der Waals surface area contributed by atoms with Crippen LogP contribution in [-0.2, 0) is 0 Å². The summed E-state index contributed by atoms with van der Waals surface area (Å²) in [5, 5.41) is 3.74.